The Morgan fingerprint density at radius 3 is 2.68 bits per heavy atom. The average Bonchev–Trinajstić information content (AvgIpc) is 3.43. The quantitative estimate of drug-likeness (QED) is 0.343. The van der Waals surface area contributed by atoms with E-state index in [1.807, 2.05) is 36.6 Å². The second-order valence-corrected chi connectivity index (χ2v) is 11.5. The van der Waals surface area contributed by atoms with Gasteiger partial charge in [0.2, 0.25) is 5.91 Å². The second-order valence-electron chi connectivity index (χ2n) is 10.6. The minimum atomic E-state index is -0.500. The third-order valence-electron chi connectivity index (χ3n) is 7.33. The first-order valence-corrected chi connectivity index (χ1v) is 15.8. The van der Waals surface area contributed by atoms with E-state index in [1.165, 1.54) is 30.0 Å². The number of fused-ring (bicyclic) bond motifs is 7. The fourth-order valence-electron chi connectivity index (χ4n) is 5.03. The molecule has 4 amide bonds. The van der Waals surface area contributed by atoms with Crippen LogP contribution in [0.3, 0.4) is 0 Å². The topological polar surface area (TPSA) is 139 Å². The molecule has 12 heteroatoms. The van der Waals surface area contributed by atoms with Gasteiger partial charge in [0.1, 0.15) is 17.6 Å². The second kappa shape index (κ2) is 14.7. The zero-order chi connectivity index (χ0) is 30.9. The highest BCUT2D eigenvalue weighted by atomic mass is 32.2. The molecule has 1 aromatic heterocycles. The van der Waals surface area contributed by atoms with Crippen molar-refractivity contribution in [2.24, 2.45) is 0 Å². The van der Waals surface area contributed by atoms with E-state index in [0.29, 0.717) is 37.4 Å². The Balaban J connectivity index is 1.36. The number of likely N-dealkylation sites (tertiary alicyclic amines) is 1. The van der Waals surface area contributed by atoms with Crippen molar-refractivity contribution in [3.63, 3.8) is 0 Å². The Hall–Kier alpha value is -4.58. The van der Waals surface area contributed by atoms with Crippen LogP contribution in [0, 0.1) is 0 Å². The molecule has 2 aromatic carbocycles. The van der Waals surface area contributed by atoms with Gasteiger partial charge in [0.25, 0.3) is 17.7 Å². The number of nitrogens with one attached hydrogen (secondary N) is 3. The molecule has 11 nitrogen and oxygen atoms in total. The number of benzene rings is 2. The average molecular weight is 618 g/mol. The molecule has 0 unspecified atom stereocenters. The third kappa shape index (κ3) is 8.28. The normalized spacial score (nSPS) is 18.2. The van der Waals surface area contributed by atoms with Crippen molar-refractivity contribution in [2.45, 2.75) is 31.5 Å². The molecular formula is C32H35N5O6S. The van der Waals surface area contributed by atoms with Crippen LogP contribution in [0.4, 0.5) is 0 Å². The number of carbonyl (C=O) groups is 4. The van der Waals surface area contributed by atoms with E-state index in [2.05, 4.69) is 20.9 Å². The largest absolute Gasteiger partial charge is 0.486 e. The van der Waals surface area contributed by atoms with Crippen molar-refractivity contribution in [1.82, 2.24) is 25.8 Å². The van der Waals surface area contributed by atoms with Gasteiger partial charge in [0.05, 0.1) is 18.3 Å². The predicted molar refractivity (Wildman–Crippen MR) is 166 cm³/mol. The van der Waals surface area contributed by atoms with Gasteiger partial charge in [-0.05, 0) is 67.1 Å². The maximum atomic E-state index is 13.6. The van der Waals surface area contributed by atoms with E-state index in [4.69, 9.17) is 9.47 Å². The van der Waals surface area contributed by atoms with Gasteiger partial charge in [-0.25, -0.2) is 0 Å². The number of nitrogens with zero attached hydrogens (tertiary/aromatic N) is 2. The van der Waals surface area contributed by atoms with Gasteiger partial charge in [0, 0.05) is 42.7 Å². The number of pyridine rings is 1. The fourth-order valence-corrected chi connectivity index (χ4v) is 5.46. The molecule has 3 aliphatic rings. The summed E-state index contributed by atoms with van der Waals surface area (Å²) in [4.78, 5) is 58.0. The van der Waals surface area contributed by atoms with Crippen molar-refractivity contribution in [3.8, 4) is 11.5 Å². The van der Waals surface area contributed by atoms with E-state index in [0.717, 1.165) is 11.3 Å². The molecule has 3 N–H and O–H groups in total. The SMILES string of the molecule is CSCC(=O)N1C[C@@H]2NC(=O)c3cc(cc(C(=O)NCCCc4ccccn4)c3)OCC(=O)NCc3ccc(cc3)O[C@H]2C1. The number of amides is 4. The summed E-state index contributed by atoms with van der Waals surface area (Å²) in [6, 6.07) is 17.0. The molecule has 6 rings (SSSR count). The van der Waals surface area contributed by atoms with Crippen molar-refractivity contribution in [2.75, 3.05) is 38.2 Å². The molecule has 2 atom stereocenters. The van der Waals surface area contributed by atoms with Crippen LogP contribution in [0.15, 0.2) is 66.9 Å². The van der Waals surface area contributed by atoms with Gasteiger partial charge in [-0.15, -0.1) is 0 Å². The van der Waals surface area contributed by atoms with Crippen LogP contribution in [0.5, 0.6) is 11.5 Å². The summed E-state index contributed by atoms with van der Waals surface area (Å²) in [7, 11) is 0. The van der Waals surface area contributed by atoms with Crippen LogP contribution in [-0.4, -0.2) is 83.9 Å². The molecule has 4 bridgehead atoms. The molecule has 0 saturated carbocycles. The zero-order valence-corrected chi connectivity index (χ0v) is 25.2. The highest BCUT2D eigenvalue weighted by Gasteiger charge is 2.38. The van der Waals surface area contributed by atoms with Crippen LogP contribution in [0.1, 0.15) is 38.4 Å². The van der Waals surface area contributed by atoms with E-state index < -0.39 is 18.1 Å². The molecule has 1 saturated heterocycles. The van der Waals surface area contributed by atoms with Crippen molar-refractivity contribution in [3.05, 3.63) is 89.2 Å². The number of carbonyl (C=O) groups excluding carboxylic acids is 4. The highest BCUT2D eigenvalue weighted by Crippen LogP contribution is 2.23. The summed E-state index contributed by atoms with van der Waals surface area (Å²) in [5.41, 5.74) is 2.20. The lowest BCUT2D eigenvalue weighted by Crippen LogP contribution is -2.45. The third-order valence-corrected chi connectivity index (χ3v) is 7.86. The lowest BCUT2D eigenvalue weighted by molar-refractivity contribution is -0.127. The van der Waals surface area contributed by atoms with Gasteiger partial charge in [-0.1, -0.05) is 18.2 Å². The van der Waals surface area contributed by atoms with Gasteiger partial charge in [0.15, 0.2) is 6.61 Å². The lowest BCUT2D eigenvalue weighted by atomic mass is 10.1. The van der Waals surface area contributed by atoms with Gasteiger partial charge in [-0.2, -0.15) is 11.8 Å². The van der Waals surface area contributed by atoms with Crippen LogP contribution in [0.2, 0.25) is 0 Å². The predicted octanol–water partition coefficient (Wildman–Crippen LogP) is 2.20. The van der Waals surface area contributed by atoms with Gasteiger partial charge < -0.3 is 30.3 Å². The molecule has 0 radical (unpaired) electrons. The summed E-state index contributed by atoms with van der Waals surface area (Å²) in [5.74, 6) is -0.105. The minimum Gasteiger partial charge on any atom is -0.486 e. The number of aryl methyl sites for hydroxylation is 1. The van der Waals surface area contributed by atoms with Crippen LogP contribution >= 0.6 is 11.8 Å². The number of hydrogen-bond donors (Lipinski definition) is 3. The number of aromatic nitrogens is 1. The Kier molecular flexibility index (Phi) is 10.3. The summed E-state index contributed by atoms with van der Waals surface area (Å²) >= 11 is 1.44. The monoisotopic (exact) mass is 617 g/mol. The van der Waals surface area contributed by atoms with E-state index in [9.17, 15) is 19.2 Å². The first-order chi connectivity index (χ1) is 21.4. The van der Waals surface area contributed by atoms with Crippen LogP contribution < -0.4 is 25.4 Å². The van der Waals surface area contributed by atoms with Gasteiger partial charge in [-0.3, -0.25) is 24.2 Å². The van der Waals surface area contributed by atoms with Crippen LogP contribution in [0.25, 0.3) is 0 Å². The van der Waals surface area contributed by atoms with Crippen LogP contribution in [-0.2, 0) is 22.6 Å². The summed E-state index contributed by atoms with van der Waals surface area (Å²) < 4.78 is 12.0. The molecule has 3 aliphatic heterocycles. The zero-order valence-electron chi connectivity index (χ0n) is 24.4. The standard InChI is InChI=1S/C32H35N5O6S/c1-44-20-30(39)37-17-27-28(18-37)43-25-9-7-21(8-10-25)16-35-29(38)19-42-26-14-22(13-23(15-26)32(41)36-27)31(40)34-12-4-6-24-5-2-3-11-33-24/h2-3,5,7-11,13-15,27-28H,4,6,12,16-20H2,1H3,(H,34,40)(H,35,38)(H,36,41)/t27-,28-/m0/s1. The summed E-state index contributed by atoms with van der Waals surface area (Å²) in [5, 5.41) is 8.70. The van der Waals surface area contributed by atoms with E-state index >= 15 is 0 Å². The number of thioether (sulfide) groups is 1. The number of rotatable bonds is 7. The first-order valence-electron chi connectivity index (χ1n) is 14.4. The first kappa shape index (κ1) is 30.9. The molecule has 4 heterocycles. The maximum Gasteiger partial charge on any atom is 0.258 e. The molecule has 1 fully saturated rings. The summed E-state index contributed by atoms with van der Waals surface area (Å²) in [6.07, 6.45) is 4.49. The number of hydrogen-bond acceptors (Lipinski definition) is 8. The Morgan fingerprint density at radius 1 is 1.07 bits per heavy atom. The highest BCUT2D eigenvalue weighted by molar-refractivity contribution is 7.99. The minimum absolute atomic E-state index is 0.0338. The molecule has 3 aromatic rings. The molecule has 0 spiro atoms. The fraction of sp³-hybridized carbons (Fsp3) is 0.344. The Bertz CT molecular complexity index is 1490. The summed E-state index contributed by atoms with van der Waals surface area (Å²) in [6.45, 7) is 1.00. The Morgan fingerprint density at radius 2 is 1.91 bits per heavy atom. The molecule has 44 heavy (non-hydrogen) atoms. The van der Waals surface area contributed by atoms with Crippen molar-refractivity contribution < 1.29 is 28.7 Å². The Labute approximate surface area is 260 Å². The van der Waals surface area contributed by atoms with Crippen molar-refractivity contribution >= 4 is 35.4 Å². The lowest BCUT2D eigenvalue weighted by Gasteiger charge is -2.21. The smallest absolute Gasteiger partial charge is 0.258 e. The maximum absolute atomic E-state index is 13.6. The molecular weight excluding hydrogens is 582 g/mol. The number of ether oxygens (including phenoxy) is 2. The van der Waals surface area contributed by atoms with Crippen molar-refractivity contribution in [1.29, 1.82) is 0 Å². The molecule has 0 aliphatic carbocycles. The molecule has 230 valence electrons. The van der Waals surface area contributed by atoms with Gasteiger partial charge >= 0.3 is 0 Å². The van der Waals surface area contributed by atoms with E-state index in [1.54, 1.807) is 23.2 Å². The van der Waals surface area contributed by atoms with E-state index in [-0.39, 0.29) is 54.3 Å².